The first-order valence-corrected chi connectivity index (χ1v) is 5.01. The minimum atomic E-state index is -4.94. The molecular formula is C10H7ClF4O2. The molecule has 0 aromatic heterocycles. The number of rotatable bonds is 4. The van der Waals surface area contributed by atoms with Crippen LogP contribution in [0, 0.1) is 5.82 Å². The monoisotopic (exact) mass is 270 g/mol. The zero-order chi connectivity index (χ0) is 13.1. The molecule has 0 radical (unpaired) electrons. The highest BCUT2D eigenvalue weighted by Gasteiger charge is 2.32. The van der Waals surface area contributed by atoms with Crippen LogP contribution in [0.1, 0.15) is 16.8 Å². The summed E-state index contributed by atoms with van der Waals surface area (Å²) in [6.45, 7) is 0. The smallest absolute Gasteiger partial charge is 0.405 e. The maximum absolute atomic E-state index is 12.9. The van der Waals surface area contributed by atoms with Crippen molar-refractivity contribution < 1.29 is 27.1 Å². The largest absolute Gasteiger partial charge is 0.573 e. The zero-order valence-electron chi connectivity index (χ0n) is 8.35. The van der Waals surface area contributed by atoms with Crippen molar-refractivity contribution in [2.24, 2.45) is 0 Å². The first-order valence-electron chi connectivity index (χ1n) is 4.48. The Morgan fingerprint density at radius 2 is 2.00 bits per heavy atom. The molecule has 0 heterocycles. The second kappa shape index (κ2) is 5.35. The fourth-order valence-corrected chi connectivity index (χ4v) is 1.33. The molecule has 1 rings (SSSR count). The minimum absolute atomic E-state index is 0.0686. The lowest BCUT2D eigenvalue weighted by Gasteiger charge is -2.12. The van der Waals surface area contributed by atoms with Gasteiger partial charge in [-0.3, -0.25) is 4.79 Å². The van der Waals surface area contributed by atoms with Crippen LogP contribution in [0.15, 0.2) is 18.2 Å². The molecule has 0 unspecified atom stereocenters. The Bertz CT molecular complexity index is 417. The van der Waals surface area contributed by atoms with E-state index in [1.54, 1.807) is 0 Å². The van der Waals surface area contributed by atoms with E-state index in [4.69, 9.17) is 11.6 Å². The molecule has 0 N–H and O–H groups in total. The average molecular weight is 271 g/mol. The van der Waals surface area contributed by atoms with E-state index in [-0.39, 0.29) is 12.3 Å². The predicted octanol–water partition coefficient (Wildman–Crippen LogP) is 3.54. The third-order valence-corrected chi connectivity index (χ3v) is 1.98. The number of benzene rings is 1. The molecule has 0 fully saturated rings. The average Bonchev–Trinajstić information content (AvgIpc) is 2.19. The highest BCUT2D eigenvalue weighted by molar-refractivity contribution is 6.19. The van der Waals surface area contributed by atoms with Crippen molar-refractivity contribution in [2.45, 2.75) is 12.8 Å². The Kier molecular flexibility index (Phi) is 4.34. The van der Waals surface area contributed by atoms with Crippen LogP contribution in [0.2, 0.25) is 0 Å². The highest BCUT2D eigenvalue weighted by atomic mass is 35.5. The van der Waals surface area contributed by atoms with Gasteiger partial charge in [0.25, 0.3) is 0 Å². The SMILES string of the molecule is O=C(CCCl)c1cc(F)ccc1OC(F)(F)F. The summed E-state index contributed by atoms with van der Waals surface area (Å²) in [4.78, 5) is 11.4. The second-order valence-corrected chi connectivity index (χ2v) is 3.43. The number of carbonyl (C=O) groups excluding carboxylic acids is 1. The van der Waals surface area contributed by atoms with Crippen LogP contribution in [0.4, 0.5) is 17.6 Å². The third kappa shape index (κ3) is 4.22. The van der Waals surface area contributed by atoms with Gasteiger partial charge in [0.05, 0.1) is 5.56 Å². The quantitative estimate of drug-likeness (QED) is 0.475. The molecule has 1 aromatic rings. The van der Waals surface area contributed by atoms with Crippen LogP contribution in [0.25, 0.3) is 0 Å². The summed E-state index contributed by atoms with van der Waals surface area (Å²) in [7, 11) is 0. The summed E-state index contributed by atoms with van der Waals surface area (Å²) < 4.78 is 52.5. The predicted molar refractivity (Wildman–Crippen MR) is 52.8 cm³/mol. The first-order chi connectivity index (χ1) is 7.83. The van der Waals surface area contributed by atoms with Gasteiger partial charge in [0, 0.05) is 12.3 Å². The number of carbonyl (C=O) groups is 1. The van der Waals surface area contributed by atoms with Crippen LogP contribution < -0.4 is 4.74 Å². The lowest BCUT2D eigenvalue weighted by molar-refractivity contribution is -0.274. The Morgan fingerprint density at radius 1 is 1.35 bits per heavy atom. The van der Waals surface area contributed by atoms with Crippen molar-refractivity contribution in [3.63, 3.8) is 0 Å². The second-order valence-electron chi connectivity index (χ2n) is 3.05. The summed E-state index contributed by atoms with van der Waals surface area (Å²) in [5, 5.41) is 0. The summed E-state index contributed by atoms with van der Waals surface area (Å²) in [5.74, 6) is -2.33. The molecule has 7 heteroatoms. The normalized spacial score (nSPS) is 11.4. The molecule has 0 aliphatic rings. The first kappa shape index (κ1) is 13.8. The molecule has 0 saturated carbocycles. The van der Waals surface area contributed by atoms with Crippen LogP contribution in [0.5, 0.6) is 5.75 Å². The van der Waals surface area contributed by atoms with E-state index < -0.39 is 29.3 Å². The van der Waals surface area contributed by atoms with Gasteiger partial charge in [0.2, 0.25) is 0 Å². The van der Waals surface area contributed by atoms with E-state index in [0.717, 1.165) is 12.1 Å². The van der Waals surface area contributed by atoms with Crippen molar-refractivity contribution in [3.05, 3.63) is 29.6 Å². The van der Waals surface area contributed by atoms with Crippen molar-refractivity contribution in [1.29, 1.82) is 0 Å². The van der Waals surface area contributed by atoms with Gasteiger partial charge < -0.3 is 4.74 Å². The molecule has 2 nitrogen and oxygen atoms in total. The Hall–Kier alpha value is -1.30. The van der Waals surface area contributed by atoms with Gasteiger partial charge in [-0.25, -0.2) is 4.39 Å². The fourth-order valence-electron chi connectivity index (χ4n) is 1.15. The maximum atomic E-state index is 12.9. The van der Waals surface area contributed by atoms with E-state index in [0.29, 0.717) is 6.07 Å². The van der Waals surface area contributed by atoms with E-state index in [1.807, 2.05) is 0 Å². The molecule has 1 aromatic carbocycles. The molecule has 0 amide bonds. The van der Waals surface area contributed by atoms with Crippen LogP contribution in [-0.4, -0.2) is 18.0 Å². The number of hydrogen-bond acceptors (Lipinski definition) is 2. The molecule has 0 aliphatic heterocycles. The Labute approximate surface area is 99.1 Å². The Morgan fingerprint density at radius 3 is 2.53 bits per heavy atom. The molecule has 0 aliphatic carbocycles. The van der Waals surface area contributed by atoms with Gasteiger partial charge in [-0.1, -0.05) is 0 Å². The number of halogens is 5. The van der Waals surface area contributed by atoms with Gasteiger partial charge in [0.15, 0.2) is 5.78 Å². The lowest BCUT2D eigenvalue weighted by Crippen LogP contribution is -2.19. The number of hydrogen-bond donors (Lipinski definition) is 0. The number of alkyl halides is 4. The Balaban J connectivity index is 3.08. The number of ether oxygens (including phenoxy) is 1. The van der Waals surface area contributed by atoms with Crippen LogP contribution >= 0.6 is 11.6 Å². The molecule has 94 valence electrons. The summed E-state index contributed by atoms with van der Waals surface area (Å²) in [6, 6.07) is 2.22. The lowest BCUT2D eigenvalue weighted by atomic mass is 10.1. The van der Waals surface area contributed by atoms with Gasteiger partial charge in [-0.2, -0.15) is 0 Å². The summed E-state index contributed by atoms with van der Waals surface area (Å²) in [5.41, 5.74) is -0.469. The van der Waals surface area contributed by atoms with Crippen molar-refractivity contribution in [1.82, 2.24) is 0 Å². The highest BCUT2D eigenvalue weighted by Crippen LogP contribution is 2.27. The van der Waals surface area contributed by atoms with Gasteiger partial charge in [-0.05, 0) is 18.2 Å². The molecule has 0 atom stereocenters. The number of Topliss-reactive ketones (excluding diaryl/α,β-unsaturated/α-hetero) is 1. The van der Waals surface area contributed by atoms with Crippen molar-refractivity contribution >= 4 is 17.4 Å². The van der Waals surface area contributed by atoms with Gasteiger partial charge in [-0.15, -0.1) is 24.8 Å². The third-order valence-electron chi connectivity index (χ3n) is 1.79. The molecule has 0 bridgehead atoms. The van der Waals surface area contributed by atoms with E-state index in [1.165, 1.54) is 0 Å². The van der Waals surface area contributed by atoms with Crippen molar-refractivity contribution in [2.75, 3.05) is 5.88 Å². The summed E-state index contributed by atoms with van der Waals surface area (Å²) in [6.07, 6.45) is -5.13. The van der Waals surface area contributed by atoms with E-state index in [2.05, 4.69) is 4.74 Å². The minimum Gasteiger partial charge on any atom is -0.405 e. The molecular weight excluding hydrogens is 264 g/mol. The van der Waals surface area contributed by atoms with Crippen molar-refractivity contribution in [3.8, 4) is 5.75 Å². The topological polar surface area (TPSA) is 26.3 Å². The summed E-state index contributed by atoms with van der Waals surface area (Å²) >= 11 is 5.29. The van der Waals surface area contributed by atoms with E-state index in [9.17, 15) is 22.4 Å². The van der Waals surface area contributed by atoms with Crippen LogP contribution in [0.3, 0.4) is 0 Å². The number of ketones is 1. The standard InChI is InChI=1S/C10H7ClF4O2/c11-4-3-8(16)7-5-6(12)1-2-9(7)17-10(13,14)15/h1-2,5H,3-4H2. The molecule has 0 spiro atoms. The molecule has 0 saturated heterocycles. The zero-order valence-corrected chi connectivity index (χ0v) is 9.11. The van der Waals surface area contributed by atoms with Gasteiger partial charge in [0.1, 0.15) is 11.6 Å². The fraction of sp³-hybridized carbons (Fsp3) is 0.300. The van der Waals surface area contributed by atoms with Gasteiger partial charge >= 0.3 is 6.36 Å². The maximum Gasteiger partial charge on any atom is 0.573 e. The van der Waals surface area contributed by atoms with E-state index >= 15 is 0 Å². The molecule has 17 heavy (non-hydrogen) atoms. The van der Waals surface area contributed by atoms with Crippen LogP contribution in [-0.2, 0) is 0 Å².